The van der Waals surface area contributed by atoms with E-state index in [0.29, 0.717) is 18.8 Å². The van der Waals surface area contributed by atoms with Crippen LogP contribution < -0.4 is 0 Å². The van der Waals surface area contributed by atoms with Crippen LogP contribution in [0.5, 0.6) is 0 Å². The highest BCUT2D eigenvalue weighted by molar-refractivity contribution is 7.89. The van der Waals surface area contributed by atoms with Crippen LogP contribution in [0.4, 0.5) is 4.79 Å². The van der Waals surface area contributed by atoms with Crippen molar-refractivity contribution in [2.24, 2.45) is 0 Å². The second-order valence-corrected chi connectivity index (χ2v) is 7.83. The molecule has 1 aromatic carbocycles. The molecular weight excluding hydrogens is 362 g/mol. The molecule has 140 valence electrons. The molecule has 0 aromatic heterocycles. The van der Waals surface area contributed by atoms with E-state index in [-0.39, 0.29) is 31.1 Å². The molecule has 1 aromatic rings. The predicted molar refractivity (Wildman–Crippen MR) is 89.4 cm³/mol. The summed E-state index contributed by atoms with van der Waals surface area (Å²) in [4.78, 5) is 37.7. The van der Waals surface area contributed by atoms with Gasteiger partial charge >= 0.3 is 17.8 Å². The molecule has 2 fully saturated rings. The first-order valence-corrected chi connectivity index (χ1v) is 9.64. The lowest BCUT2D eigenvalue weighted by molar-refractivity contribution is -0.143. The number of amides is 4. The number of carbonyl (C=O) groups excluding carboxylic acids is 3. The van der Waals surface area contributed by atoms with E-state index in [4.69, 9.17) is 4.74 Å². The molecular formula is C16H19N3O6S. The number of urea groups is 1. The predicted octanol–water partition coefficient (Wildman–Crippen LogP) is 0.0182. The van der Waals surface area contributed by atoms with Crippen molar-refractivity contribution < 1.29 is 27.5 Å². The minimum atomic E-state index is -3.68. The molecule has 0 saturated carbocycles. The van der Waals surface area contributed by atoms with Crippen LogP contribution in [0.15, 0.2) is 29.2 Å². The van der Waals surface area contributed by atoms with Crippen molar-refractivity contribution in [3.05, 3.63) is 29.8 Å². The molecule has 3 rings (SSSR count). The zero-order valence-electron chi connectivity index (χ0n) is 14.3. The van der Waals surface area contributed by atoms with Crippen LogP contribution in [-0.2, 0) is 30.9 Å². The first kappa shape index (κ1) is 18.5. The molecule has 2 aliphatic heterocycles. The van der Waals surface area contributed by atoms with Gasteiger partial charge in [-0.05, 0) is 24.6 Å². The molecule has 4 amide bonds. The highest BCUT2D eigenvalue weighted by Crippen LogP contribution is 2.21. The van der Waals surface area contributed by atoms with E-state index in [1.807, 2.05) is 0 Å². The molecule has 0 N–H and O–H groups in total. The largest absolute Gasteiger partial charge is 0.379 e. The van der Waals surface area contributed by atoms with Crippen molar-refractivity contribution in [1.82, 2.24) is 14.1 Å². The molecule has 2 aliphatic rings. The van der Waals surface area contributed by atoms with Gasteiger partial charge in [0.25, 0.3) is 0 Å². The number of rotatable bonds is 5. The zero-order chi connectivity index (χ0) is 18.9. The first-order valence-electron chi connectivity index (χ1n) is 8.20. The number of sulfonamides is 1. The number of morpholine rings is 1. The van der Waals surface area contributed by atoms with Gasteiger partial charge in [-0.25, -0.2) is 13.2 Å². The molecule has 0 radical (unpaired) electrons. The Morgan fingerprint density at radius 2 is 1.69 bits per heavy atom. The van der Waals surface area contributed by atoms with Crippen molar-refractivity contribution in [2.45, 2.75) is 18.4 Å². The topological polar surface area (TPSA) is 104 Å². The average molecular weight is 381 g/mol. The third-order valence-electron chi connectivity index (χ3n) is 4.30. The SMILES string of the molecule is CCN1C(=O)C(=O)N(Cc2cccc(S(=O)(=O)N3CCOCC3)c2)C1=O. The number of hydrogen-bond acceptors (Lipinski definition) is 6. The molecule has 2 saturated heterocycles. The van der Waals surface area contributed by atoms with Gasteiger partial charge in [-0.3, -0.25) is 19.4 Å². The van der Waals surface area contributed by atoms with E-state index in [2.05, 4.69) is 0 Å². The molecule has 2 heterocycles. The molecule has 10 heteroatoms. The summed E-state index contributed by atoms with van der Waals surface area (Å²) in [5.41, 5.74) is 0.451. The van der Waals surface area contributed by atoms with Crippen LogP contribution in [-0.4, -0.2) is 73.2 Å². The fourth-order valence-electron chi connectivity index (χ4n) is 2.89. The van der Waals surface area contributed by atoms with E-state index >= 15 is 0 Å². The van der Waals surface area contributed by atoms with E-state index < -0.39 is 27.9 Å². The van der Waals surface area contributed by atoms with E-state index in [9.17, 15) is 22.8 Å². The second kappa shape index (κ2) is 7.14. The quantitative estimate of drug-likeness (QED) is 0.526. The molecule has 0 bridgehead atoms. The van der Waals surface area contributed by atoms with Gasteiger partial charge in [-0.2, -0.15) is 4.31 Å². The smallest absolute Gasteiger partial charge is 0.334 e. The van der Waals surface area contributed by atoms with Crippen LogP contribution in [0.2, 0.25) is 0 Å². The summed E-state index contributed by atoms with van der Waals surface area (Å²) in [6, 6.07) is 5.35. The van der Waals surface area contributed by atoms with Crippen LogP contribution >= 0.6 is 0 Å². The molecule has 0 aliphatic carbocycles. The molecule has 0 unspecified atom stereocenters. The standard InChI is InChI=1S/C16H19N3O6S/c1-2-18-14(20)15(21)19(16(18)22)11-12-4-3-5-13(10-12)26(23,24)17-6-8-25-9-7-17/h3-5,10H,2,6-9,11H2,1H3. The number of likely N-dealkylation sites (N-methyl/N-ethyl adjacent to an activating group) is 1. The van der Waals surface area contributed by atoms with Gasteiger partial charge in [-0.15, -0.1) is 0 Å². The minimum Gasteiger partial charge on any atom is -0.379 e. The van der Waals surface area contributed by atoms with Gasteiger partial charge in [0.05, 0.1) is 24.7 Å². The Labute approximate surface area is 151 Å². The number of hydrogen-bond donors (Lipinski definition) is 0. The molecule has 26 heavy (non-hydrogen) atoms. The van der Waals surface area contributed by atoms with E-state index in [1.54, 1.807) is 19.1 Å². The maximum absolute atomic E-state index is 12.7. The first-order chi connectivity index (χ1) is 12.4. The second-order valence-electron chi connectivity index (χ2n) is 5.89. The van der Waals surface area contributed by atoms with Gasteiger partial charge in [0.2, 0.25) is 10.0 Å². The monoisotopic (exact) mass is 381 g/mol. The van der Waals surface area contributed by atoms with Crippen molar-refractivity contribution in [3.8, 4) is 0 Å². The summed E-state index contributed by atoms with van der Waals surface area (Å²) in [5, 5.41) is 0. The summed E-state index contributed by atoms with van der Waals surface area (Å²) in [6.45, 7) is 2.76. The fraction of sp³-hybridized carbons (Fsp3) is 0.438. The Kier molecular flexibility index (Phi) is 5.08. The molecule has 9 nitrogen and oxygen atoms in total. The lowest BCUT2D eigenvalue weighted by atomic mass is 10.2. The summed E-state index contributed by atoms with van der Waals surface area (Å²) >= 11 is 0. The fourth-order valence-corrected chi connectivity index (χ4v) is 4.37. The maximum Gasteiger partial charge on any atom is 0.334 e. The molecule has 0 atom stereocenters. The lowest BCUT2D eigenvalue weighted by Crippen LogP contribution is -2.40. The Balaban J connectivity index is 1.83. The van der Waals surface area contributed by atoms with Gasteiger partial charge in [0.15, 0.2) is 0 Å². The Morgan fingerprint density at radius 1 is 1.04 bits per heavy atom. The van der Waals surface area contributed by atoms with Crippen molar-refractivity contribution in [3.63, 3.8) is 0 Å². The minimum absolute atomic E-state index is 0.0784. The van der Waals surface area contributed by atoms with Gasteiger partial charge < -0.3 is 4.74 Å². The summed E-state index contributed by atoms with van der Waals surface area (Å²) in [6.07, 6.45) is 0. The van der Waals surface area contributed by atoms with Crippen LogP contribution in [0.1, 0.15) is 12.5 Å². The third kappa shape index (κ3) is 3.22. The average Bonchev–Trinajstić information content (AvgIpc) is 2.85. The third-order valence-corrected chi connectivity index (χ3v) is 6.19. The lowest BCUT2D eigenvalue weighted by Gasteiger charge is -2.26. The van der Waals surface area contributed by atoms with Crippen molar-refractivity contribution in [1.29, 1.82) is 0 Å². The summed E-state index contributed by atoms with van der Waals surface area (Å²) in [7, 11) is -3.68. The number of imide groups is 2. The Bertz CT molecular complexity index is 847. The number of nitrogens with zero attached hydrogens (tertiary/aromatic N) is 3. The van der Waals surface area contributed by atoms with Gasteiger partial charge in [0.1, 0.15) is 0 Å². The van der Waals surface area contributed by atoms with Crippen LogP contribution in [0.3, 0.4) is 0 Å². The molecule has 0 spiro atoms. The van der Waals surface area contributed by atoms with Crippen LogP contribution in [0, 0.1) is 0 Å². The zero-order valence-corrected chi connectivity index (χ0v) is 15.1. The number of benzene rings is 1. The van der Waals surface area contributed by atoms with Crippen molar-refractivity contribution in [2.75, 3.05) is 32.8 Å². The normalized spacial score (nSPS) is 19.5. The van der Waals surface area contributed by atoms with Gasteiger partial charge in [-0.1, -0.05) is 12.1 Å². The Hall–Kier alpha value is -2.30. The van der Waals surface area contributed by atoms with E-state index in [0.717, 1.165) is 9.80 Å². The maximum atomic E-state index is 12.7. The highest BCUT2D eigenvalue weighted by Gasteiger charge is 2.43. The number of carbonyl (C=O) groups is 3. The summed E-state index contributed by atoms with van der Waals surface area (Å²) in [5.74, 6) is -1.77. The van der Waals surface area contributed by atoms with Gasteiger partial charge in [0, 0.05) is 19.6 Å². The van der Waals surface area contributed by atoms with Crippen LogP contribution in [0.25, 0.3) is 0 Å². The summed E-state index contributed by atoms with van der Waals surface area (Å²) < 4.78 is 31.9. The Morgan fingerprint density at radius 3 is 2.31 bits per heavy atom. The number of ether oxygens (including phenoxy) is 1. The highest BCUT2D eigenvalue weighted by atomic mass is 32.2. The van der Waals surface area contributed by atoms with Crippen molar-refractivity contribution >= 4 is 27.9 Å². The van der Waals surface area contributed by atoms with E-state index in [1.165, 1.54) is 16.4 Å².